The van der Waals surface area contributed by atoms with Crippen molar-refractivity contribution in [1.29, 1.82) is 0 Å². The van der Waals surface area contributed by atoms with Crippen molar-refractivity contribution in [3.8, 4) is 0 Å². The van der Waals surface area contributed by atoms with Gasteiger partial charge in [0.2, 0.25) is 0 Å². The van der Waals surface area contributed by atoms with E-state index in [1.165, 1.54) is 11.3 Å². The van der Waals surface area contributed by atoms with Gasteiger partial charge >= 0.3 is 0 Å². The van der Waals surface area contributed by atoms with Crippen molar-refractivity contribution in [2.75, 3.05) is 17.7 Å². The molecule has 0 aromatic carbocycles. The maximum atomic E-state index is 5.63. The topological polar surface area (TPSA) is 42.2 Å². The van der Waals surface area contributed by atoms with Crippen LogP contribution in [0.5, 0.6) is 0 Å². The van der Waals surface area contributed by atoms with Gasteiger partial charge in [-0.25, -0.2) is 4.98 Å². The lowest BCUT2D eigenvalue weighted by atomic mass is 10.0. The normalized spacial score (nSPS) is 11.7. The van der Waals surface area contributed by atoms with Gasteiger partial charge in [-0.15, -0.1) is 0 Å². The predicted molar refractivity (Wildman–Crippen MR) is 59.3 cm³/mol. The Morgan fingerprint density at radius 3 is 2.62 bits per heavy atom. The van der Waals surface area contributed by atoms with Crippen LogP contribution < -0.4 is 10.6 Å². The van der Waals surface area contributed by atoms with Gasteiger partial charge in [0.25, 0.3) is 0 Å². The number of hydrogen-bond acceptors (Lipinski definition) is 4. The van der Waals surface area contributed by atoms with Gasteiger partial charge in [0.15, 0.2) is 5.13 Å². The Bertz CT molecular complexity index is 280. The summed E-state index contributed by atoms with van der Waals surface area (Å²) < 4.78 is 0. The summed E-state index contributed by atoms with van der Waals surface area (Å²) in [6.45, 7) is 6.57. The van der Waals surface area contributed by atoms with Gasteiger partial charge in [-0.05, 0) is 20.3 Å². The summed E-state index contributed by atoms with van der Waals surface area (Å²) >= 11 is 1.53. The van der Waals surface area contributed by atoms with E-state index >= 15 is 0 Å². The fraction of sp³-hybridized carbons (Fsp3) is 0.667. The molecule has 1 heterocycles. The van der Waals surface area contributed by atoms with E-state index in [-0.39, 0.29) is 5.54 Å². The average Bonchev–Trinajstić information content (AvgIpc) is 2.50. The lowest BCUT2D eigenvalue weighted by molar-refractivity contribution is 0.470. The van der Waals surface area contributed by atoms with Crippen molar-refractivity contribution < 1.29 is 0 Å². The summed E-state index contributed by atoms with van der Waals surface area (Å²) in [7, 11) is 2.06. The smallest absolute Gasteiger partial charge is 0.187 e. The van der Waals surface area contributed by atoms with E-state index in [1.54, 1.807) is 6.20 Å². The van der Waals surface area contributed by atoms with Crippen molar-refractivity contribution >= 4 is 21.5 Å². The number of nitrogens with two attached hydrogens (primary N) is 1. The maximum Gasteiger partial charge on any atom is 0.187 e. The van der Waals surface area contributed by atoms with E-state index in [1.807, 2.05) is 0 Å². The summed E-state index contributed by atoms with van der Waals surface area (Å²) in [5.74, 6) is 0. The van der Waals surface area contributed by atoms with E-state index in [0.29, 0.717) is 0 Å². The van der Waals surface area contributed by atoms with Crippen molar-refractivity contribution in [3.63, 3.8) is 0 Å². The summed E-state index contributed by atoms with van der Waals surface area (Å²) in [5.41, 5.74) is 5.77. The van der Waals surface area contributed by atoms with Crippen LogP contribution in [-0.2, 0) is 0 Å². The Balaban J connectivity index is 2.84. The van der Waals surface area contributed by atoms with Gasteiger partial charge in [0, 0.05) is 12.6 Å². The highest BCUT2D eigenvalue weighted by atomic mass is 32.1. The fourth-order valence-electron chi connectivity index (χ4n) is 0.928. The molecule has 74 valence electrons. The minimum absolute atomic E-state index is 0.143. The highest BCUT2D eigenvalue weighted by Gasteiger charge is 2.23. The predicted octanol–water partition coefficient (Wildman–Crippen LogP) is 2.35. The first-order valence-corrected chi connectivity index (χ1v) is 5.24. The van der Waals surface area contributed by atoms with E-state index in [0.717, 1.165) is 16.6 Å². The van der Waals surface area contributed by atoms with Crippen molar-refractivity contribution in [2.45, 2.75) is 32.7 Å². The molecule has 0 spiro atoms. The Kier molecular flexibility index (Phi) is 2.81. The van der Waals surface area contributed by atoms with Gasteiger partial charge in [-0.2, -0.15) is 0 Å². The molecule has 0 aliphatic carbocycles. The SMILES string of the molecule is CCC(C)(C)N(C)c1ncc(N)s1. The zero-order chi connectivity index (χ0) is 10.1. The molecule has 13 heavy (non-hydrogen) atoms. The van der Waals surface area contributed by atoms with Crippen LogP contribution in [0.25, 0.3) is 0 Å². The number of aromatic nitrogens is 1. The lowest BCUT2D eigenvalue weighted by Crippen LogP contribution is -2.40. The average molecular weight is 199 g/mol. The number of thiazole rings is 1. The lowest BCUT2D eigenvalue weighted by Gasteiger charge is -2.34. The van der Waals surface area contributed by atoms with Crippen LogP contribution in [0.2, 0.25) is 0 Å². The number of hydrogen-bond donors (Lipinski definition) is 1. The van der Waals surface area contributed by atoms with Gasteiger partial charge in [0.1, 0.15) is 5.00 Å². The number of nitrogen functional groups attached to an aromatic ring is 1. The second-order valence-electron chi connectivity index (χ2n) is 3.77. The molecule has 0 unspecified atom stereocenters. The third-order valence-corrected chi connectivity index (χ3v) is 3.47. The van der Waals surface area contributed by atoms with E-state index in [4.69, 9.17) is 5.73 Å². The molecule has 4 heteroatoms. The molecule has 2 N–H and O–H groups in total. The van der Waals surface area contributed by atoms with Gasteiger partial charge in [-0.3, -0.25) is 0 Å². The largest absolute Gasteiger partial charge is 0.389 e. The summed E-state index contributed by atoms with van der Waals surface area (Å²) in [5, 5.41) is 1.76. The number of rotatable bonds is 3. The highest BCUT2D eigenvalue weighted by Crippen LogP contribution is 2.29. The second kappa shape index (κ2) is 3.54. The first-order valence-electron chi connectivity index (χ1n) is 4.42. The Hall–Kier alpha value is -0.770. The number of anilines is 2. The molecule has 0 saturated heterocycles. The van der Waals surface area contributed by atoms with Crippen LogP contribution in [0.15, 0.2) is 6.20 Å². The molecule has 0 saturated carbocycles. The molecule has 0 radical (unpaired) electrons. The minimum atomic E-state index is 0.143. The van der Waals surface area contributed by atoms with Crippen molar-refractivity contribution in [1.82, 2.24) is 4.98 Å². The fourth-order valence-corrected chi connectivity index (χ4v) is 1.73. The minimum Gasteiger partial charge on any atom is -0.389 e. The molecule has 0 bridgehead atoms. The molecule has 0 amide bonds. The first kappa shape index (κ1) is 10.3. The standard InChI is InChI=1S/C9H17N3S/c1-5-9(2,3)12(4)8-11-6-7(10)13-8/h6H,5,10H2,1-4H3. The van der Waals surface area contributed by atoms with Crippen LogP contribution in [0.3, 0.4) is 0 Å². The van der Waals surface area contributed by atoms with Crippen LogP contribution in [-0.4, -0.2) is 17.6 Å². The molecule has 0 aliphatic rings. The Morgan fingerprint density at radius 1 is 1.62 bits per heavy atom. The van der Waals surface area contributed by atoms with Crippen LogP contribution >= 0.6 is 11.3 Å². The second-order valence-corrected chi connectivity index (χ2v) is 4.81. The molecule has 0 fully saturated rings. The molecule has 1 aromatic heterocycles. The zero-order valence-electron chi connectivity index (χ0n) is 8.66. The van der Waals surface area contributed by atoms with E-state index in [2.05, 4.69) is 37.7 Å². The first-order chi connectivity index (χ1) is 5.97. The zero-order valence-corrected chi connectivity index (χ0v) is 9.48. The van der Waals surface area contributed by atoms with Gasteiger partial charge in [0.05, 0.1) is 6.20 Å². The van der Waals surface area contributed by atoms with Crippen LogP contribution in [0, 0.1) is 0 Å². The van der Waals surface area contributed by atoms with Crippen LogP contribution in [0.1, 0.15) is 27.2 Å². The third kappa shape index (κ3) is 2.12. The quantitative estimate of drug-likeness (QED) is 0.812. The Labute approximate surface area is 83.6 Å². The molecular formula is C9H17N3S. The molecule has 1 rings (SSSR count). The monoisotopic (exact) mass is 199 g/mol. The van der Waals surface area contributed by atoms with Crippen LogP contribution in [0.4, 0.5) is 10.1 Å². The number of nitrogens with zero attached hydrogens (tertiary/aromatic N) is 2. The maximum absolute atomic E-state index is 5.63. The van der Waals surface area contributed by atoms with Gasteiger partial charge in [-0.1, -0.05) is 18.3 Å². The molecule has 0 aliphatic heterocycles. The Morgan fingerprint density at radius 2 is 2.23 bits per heavy atom. The van der Waals surface area contributed by atoms with Crippen molar-refractivity contribution in [3.05, 3.63) is 6.20 Å². The van der Waals surface area contributed by atoms with E-state index in [9.17, 15) is 0 Å². The summed E-state index contributed by atoms with van der Waals surface area (Å²) in [6.07, 6.45) is 2.80. The molecule has 0 atom stereocenters. The van der Waals surface area contributed by atoms with Gasteiger partial charge < -0.3 is 10.6 Å². The summed E-state index contributed by atoms with van der Waals surface area (Å²) in [6, 6.07) is 0. The summed E-state index contributed by atoms with van der Waals surface area (Å²) in [4.78, 5) is 6.42. The molecule has 1 aromatic rings. The molecule has 3 nitrogen and oxygen atoms in total. The van der Waals surface area contributed by atoms with Crippen molar-refractivity contribution in [2.24, 2.45) is 0 Å². The molecular weight excluding hydrogens is 182 g/mol. The highest BCUT2D eigenvalue weighted by molar-refractivity contribution is 7.19. The third-order valence-electron chi connectivity index (χ3n) is 2.57. The van der Waals surface area contributed by atoms with E-state index < -0.39 is 0 Å².